The Morgan fingerprint density at radius 1 is 1.29 bits per heavy atom. The number of aliphatic hydroxyl groups excluding tert-OH is 1. The molecule has 138 valence electrons. The maximum absolute atomic E-state index is 10.6. The number of piperidine rings is 1. The van der Waals surface area contributed by atoms with Crippen LogP contribution in [0.15, 0.2) is 18.3 Å². The van der Waals surface area contributed by atoms with E-state index in [1.165, 1.54) is 6.07 Å². The summed E-state index contributed by atoms with van der Waals surface area (Å²) in [6, 6.07) is 3.16. The van der Waals surface area contributed by atoms with E-state index in [1.54, 1.807) is 12.3 Å². The lowest BCUT2D eigenvalue weighted by Crippen LogP contribution is -2.37. The fourth-order valence-electron chi connectivity index (χ4n) is 2.27. The summed E-state index contributed by atoms with van der Waals surface area (Å²) in [5.41, 5.74) is 0.907. The molecule has 0 aliphatic carbocycles. The minimum absolute atomic E-state index is 0.129. The van der Waals surface area contributed by atoms with Gasteiger partial charge < -0.3 is 24.9 Å². The Balaban J connectivity index is 0.00000123. The van der Waals surface area contributed by atoms with Crippen LogP contribution in [0, 0.1) is 10.1 Å². The smallest absolute Gasteiger partial charge is 0.363 e. The van der Waals surface area contributed by atoms with Crippen molar-refractivity contribution in [3.63, 3.8) is 0 Å². The topological polar surface area (TPSA) is 88.7 Å². The average Bonchev–Trinajstić information content (AvgIpc) is 2.66. The van der Waals surface area contributed by atoms with E-state index >= 15 is 0 Å². The molecule has 0 amide bonds. The number of nitro groups is 1. The van der Waals surface area contributed by atoms with Crippen LogP contribution in [0.1, 0.15) is 47.0 Å². The molecule has 2 heterocycles. The van der Waals surface area contributed by atoms with Gasteiger partial charge in [-0.2, -0.15) is 0 Å². The van der Waals surface area contributed by atoms with Gasteiger partial charge in [0.05, 0.1) is 11.8 Å². The molecular weight excluding hydrogens is 310 g/mol. The predicted octanol–water partition coefficient (Wildman–Crippen LogP) is 3.41. The number of rotatable bonds is 6. The number of aliphatic hydroxyl groups is 1. The molecule has 7 nitrogen and oxygen atoms in total. The first-order chi connectivity index (χ1) is 11.7. The molecule has 0 unspecified atom stereocenters. The zero-order chi connectivity index (χ0) is 18.4. The van der Waals surface area contributed by atoms with E-state index in [9.17, 15) is 10.1 Å². The summed E-state index contributed by atoms with van der Waals surface area (Å²) in [5, 5.41) is 19.3. The Morgan fingerprint density at radius 3 is 2.38 bits per heavy atom. The van der Waals surface area contributed by atoms with Crippen molar-refractivity contribution in [1.82, 2.24) is 4.98 Å². The van der Waals surface area contributed by atoms with Gasteiger partial charge in [-0.25, -0.2) is 0 Å². The van der Waals surface area contributed by atoms with Crippen molar-refractivity contribution in [2.75, 3.05) is 31.2 Å². The first-order valence-corrected chi connectivity index (χ1v) is 8.78. The standard InChI is InChI=1S/C13H19N3O4.2C2H6/c17-8-1-9-20-12-4-6-15(7-5-12)11-2-3-13(14-10-11)16(18)19;2*1-2/h2-3,10,12,17H,1,4-9H2;2*1-2H3. The molecule has 0 saturated carbocycles. The monoisotopic (exact) mass is 341 g/mol. The van der Waals surface area contributed by atoms with Gasteiger partial charge >= 0.3 is 5.82 Å². The van der Waals surface area contributed by atoms with Crippen molar-refractivity contribution in [3.05, 3.63) is 28.4 Å². The van der Waals surface area contributed by atoms with Crippen LogP contribution in [0.4, 0.5) is 11.5 Å². The van der Waals surface area contributed by atoms with Crippen molar-refractivity contribution in [1.29, 1.82) is 0 Å². The van der Waals surface area contributed by atoms with E-state index in [4.69, 9.17) is 9.84 Å². The highest BCUT2D eigenvalue weighted by Gasteiger charge is 2.21. The first kappa shape index (κ1) is 22.3. The normalized spacial score (nSPS) is 14.1. The van der Waals surface area contributed by atoms with E-state index in [0.29, 0.717) is 13.0 Å². The molecule has 2 rings (SSSR count). The second kappa shape index (κ2) is 13.7. The van der Waals surface area contributed by atoms with Crippen molar-refractivity contribution in [2.24, 2.45) is 0 Å². The van der Waals surface area contributed by atoms with E-state index in [-0.39, 0.29) is 18.5 Å². The molecule has 1 N–H and O–H groups in total. The Bertz CT molecular complexity index is 432. The minimum Gasteiger partial charge on any atom is -0.396 e. The molecule has 1 aromatic heterocycles. The van der Waals surface area contributed by atoms with Crippen LogP contribution in [0.2, 0.25) is 0 Å². The van der Waals surface area contributed by atoms with Crippen LogP contribution in [-0.2, 0) is 4.74 Å². The number of aromatic nitrogens is 1. The number of anilines is 1. The van der Waals surface area contributed by atoms with E-state index in [0.717, 1.165) is 31.6 Å². The van der Waals surface area contributed by atoms with Gasteiger partial charge in [0, 0.05) is 32.4 Å². The minimum atomic E-state index is -0.495. The van der Waals surface area contributed by atoms with Crippen LogP contribution in [0.3, 0.4) is 0 Å². The number of hydrogen-bond acceptors (Lipinski definition) is 6. The lowest BCUT2D eigenvalue weighted by molar-refractivity contribution is -0.389. The third-order valence-electron chi connectivity index (χ3n) is 3.38. The van der Waals surface area contributed by atoms with Gasteiger partial charge in [0.15, 0.2) is 6.20 Å². The van der Waals surface area contributed by atoms with E-state index < -0.39 is 4.92 Å². The van der Waals surface area contributed by atoms with Gasteiger partial charge in [-0.1, -0.05) is 27.7 Å². The Labute approximate surface area is 144 Å². The van der Waals surface area contributed by atoms with Crippen LogP contribution in [-0.4, -0.2) is 47.4 Å². The molecule has 0 radical (unpaired) electrons. The lowest BCUT2D eigenvalue weighted by Gasteiger charge is -2.32. The summed E-state index contributed by atoms with van der Waals surface area (Å²) in [7, 11) is 0. The zero-order valence-corrected chi connectivity index (χ0v) is 15.3. The highest BCUT2D eigenvalue weighted by molar-refractivity contribution is 5.46. The summed E-state index contributed by atoms with van der Waals surface area (Å²) in [4.78, 5) is 16.0. The summed E-state index contributed by atoms with van der Waals surface area (Å²) >= 11 is 0. The third kappa shape index (κ3) is 7.70. The van der Waals surface area contributed by atoms with Gasteiger partial charge in [-0.3, -0.25) is 0 Å². The molecule has 1 aliphatic heterocycles. The third-order valence-corrected chi connectivity index (χ3v) is 3.38. The second-order valence-electron chi connectivity index (χ2n) is 4.77. The molecule has 0 bridgehead atoms. The molecule has 1 fully saturated rings. The van der Waals surface area contributed by atoms with Crippen LogP contribution < -0.4 is 4.90 Å². The molecule has 0 spiro atoms. The highest BCUT2D eigenvalue weighted by Crippen LogP contribution is 2.22. The van der Waals surface area contributed by atoms with Gasteiger partial charge in [-0.05, 0) is 35.2 Å². The SMILES string of the molecule is CC.CC.O=[N+]([O-])c1ccc(N2CCC(OCCCO)CC2)cn1. The number of hydrogen-bond donors (Lipinski definition) is 1. The van der Waals surface area contributed by atoms with Crippen molar-refractivity contribution in [2.45, 2.75) is 53.1 Å². The number of nitrogens with zero attached hydrogens (tertiary/aromatic N) is 3. The summed E-state index contributed by atoms with van der Waals surface area (Å²) in [6.07, 6.45) is 4.30. The van der Waals surface area contributed by atoms with Gasteiger partial charge in [0.25, 0.3) is 0 Å². The molecular formula is C17H31N3O4. The number of pyridine rings is 1. The highest BCUT2D eigenvalue weighted by atomic mass is 16.6. The lowest BCUT2D eigenvalue weighted by atomic mass is 10.1. The van der Waals surface area contributed by atoms with Gasteiger partial charge in [0.1, 0.15) is 0 Å². The molecule has 7 heteroatoms. The fourth-order valence-corrected chi connectivity index (χ4v) is 2.27. The van der Waals surface area contributed by atoms with Crippen molar-refractivity contribution in [3.8, 4) is 0 Å². The summed E-state index contributed by atoms with van der Waals surface area (Å²) in [6.45, 7) is 10.5. The van der Waals surface area contributed by atoms with Crippen molar-refractivity contribution >= 4 is 11.5 Å². The van der Waals surface area contributed by atoms with Crippen molar-refractivity contribution < 1.29 is 14.8 Å². The molecule has 0 aromatic carbocycles. The van der Waals surface area contributed by atoms with Crippen LogP contribution in [0.5, 0.6) is 0 Å². The quantitative estimate of drug-likeness (QED) is 0.484. The summed E-state index contributed by atoms with van der Waals surface area (Å²) in [5.74, 6) is -0.129. The van der Waals surface area contributed by atoms with E-state index in [1.807, 2.05) is 27.7 Å². The fraction of sp³-hybridized carbons (Fsp3) is 0.706. The van der Waals surface area contributed by atoms with Crippen LogP contribution >= 0.6 is 0 Å². The predicted molar refractivity (Wildman–Crippen MR) is 96.5 cm³/mol. The first-order valence-electron chi connectivity index (χ1n) is 8.78. The van der Waals surface area contributed by atoms with Gasteiger partial charge in [-0.15, -0.1) is 0 Å². The molecule has 24 heavy (non-hydrogen) atoms. The second-order valence-corrected chi connectivity index (χ2v) is 4.77. The molecule has 1 aliphatic rings. The maximum atomic E-state index is 10.6. The summed E-state index contributed by atoms with van der Waals surface area (Å²) < 4.78 is 5.67. The van der Waals surface area contributed by atoms with Gasteiger partial charge in [0.2, 0.25) is 0 Å². The van der Waals surface area contributed by atoms with Crippen LogP contribution in [0.25, 0.3) is 0 Å². The Kier molecular flexibility index (Phi) is 12.7. The van der Waals surface area contributed by atoms with E-state index in [2.05, 4.69) is 9.88 Å². The largest absolute Gasteiger partial charge is 0.396 e. The maximum Gasteiger partial charge on any atom is 0.363 e. The molecule has 0 atom stereocenters. The average molecular weight is 341 g/mol. The zero-order valence-electron chi connectivity index (χ0n) is 15.3. The molecule has 1 saturated heterocycles. The molecule has 1 aromatic rings. The Morgan fingerprint density at radius 2 is 1.92 bits per heavy atom. The Hall–Kier alpha value is -1.73. The number of ether oxygens (including phenoxy) is 1.